The number of carbonyl (C=O) groups excluding carboxylic acids is 5. The Morgan fingerprint density at radius 1 is 0.510 bits per heavy atom. The number of hydrogen-bond donors (Lipinski definition) is 2. The second-order valence-electron chi connectivity index (χ2n) is 12.1. The summed E-state index contributed by atoms with van der Waals surface area (Å²) in [6.07, 6.45) is 5.72. The lowest BCUT2D eigenvalue weighted by Gasteiger charge is -2.21. The first-order chi connectivity index (χ1) is 24.8. The maximum Gasteiger partial charge on any atom is 0.329 e. The number of unbranched alkanes of at least 4 members (excludes halogenated alkanes) is 5. The molecule has 0 unspecified atom stereocenters. The highest BCUT2D eigenvalue weighted by Gasteiger charge is 2.28. The molecule has 0 spiro atoms. The van der Waals surface area contributed by atoms with Gasteiger partial charge < -0.3 is 29.6 Å². The van der Waals surface area contributed by atoms with Crippen LogP contribution in [-0.2, 0) is 57.9 Å². The topological polar surface area (TPSA) is 146 Å². The highest BCUT2D eigenvalue weighted by atomic mass is 16.5. The van der Waals surface area contributed by atoms with Crippen LogP contribution in [0.2, 0.25) is 0 Å². The molecule has 0 aliphatic heterocycles. The van der Waals surface area contributed by atoms with E-state index in [-0.39, 0.29) is 52.1 Å². The van der Waals surface area contributed by atoms with Gasteiger partial charge in [0, 0.05) is 12.8 Å². The summed E-state index contributed by atoms with van der Waals surface area (Å²) >= 11 is 0. The van der Waals surface area contributed by atoms with Crippen LogP contribution in [0.5, 0.6) is 0 Å². The van der Waals surface area contributed by atoms with Gasteiger partial charge in [-0.25, -0.2) is 14.4 Å². The van der Waals surface area contributed by atoms with E-state index >= 15 is 0 Å². The van der Waals surface area contributed by atoms with Crippen LogP contribution in [-0.4, -0.2) is 48.6 Å². The van der Waals surface area contributed by atoms with E-state index < -0.39 is 42.0 Å². The van der Waals surface area contributed by atoms with Crippen LogP contribution < -0.4 is 10.6 Å². The predicted octanol–water partition coefficient (Wildman–Crippen LogP) is 6.72. The molecule has 2 atom stereocenters. The molecule has 0 saturated carbocycles. The van der Waals surface area contributed by atoms with Crippen molar-refractivity contribution in [2.45, 2.75) is 103 Å². The van der Waals surface area contributed by atoms with Crippen molar-refractivity contribution in [2.75, 3.05) is 6.61 Å². The largest absolute Gasteiger partial charge is 0.466 e. The first kappa shape index (κ1) is 40.2. The van der Waals surface area contributed by atoms with Crippen molar-refractivity contribution < 1.29 is 42.9 Å². The third-order valence-electron chi connectivity index (χ3n) is 7.91. The minimum absolute atomic E-state index is 0.0402. The molecule has 0 aliphatic carbocycles. The maximum absolute atomic E-state index is 13.3. The summed E-state index contributed by atoms with van der Waals surface area (Å²) < 4.78 is 21.6. The van der Waals surface area contributed by atoms with Gasteiger partial charge in [-0.2, -0.15) is 0 Å². The van der Waals surface area contributed by atoms with E-state index in [2.05, 4.69) is 17.6 Å². The number of ether oxygens (including phenoxy) is 4. The van der Waals surface area contributed by atoms with E-state index in [1.54, 1.807) is 48.5 Å². The molecule has 0 fully saturated rings. The molecule has 0 bridgehead atoms. The molecule has 0 radical (unpaired) electrons. The highest BCUT2D eigenvalue weighted by Crippen LogP contribution is 2.11. The third kappa shape index (κ3) is 17.3. The molecular weight excluding hydrogens is 652 g/mol. The van der Waals surface area contributed by atoms with Crippen LogP contribution in [0.15, 0.2) is 91.0 Å². The zero-order valence-corrected chi connectivity index (χ0v) is 29.4. The average Bonchev–Trinajstić information content (AvgIpc) is 3.16. The van der Waals surface area contributed by atoms with Crippen molar-refractivity contribution in [1.29, 1.82) is 0 Å². The van der Waals surface area contributed by atoms with E-state index in [1.165, 1.54) is 6.42 Å². The SMILES string of the molecule is CCCCCCCCOC(=O)CC[C@H](NC(=O)N[C@@H](CCC(=O)OCc1ccccc1)C(=O)OCc1ccccc1)C(=O)OCc1ccccc1. The van der Waals surface area contributed by atoms with Gasteiger partial charge in [0.25, 0.3) is 0 Å². The smallest absolute Gasteiger partial charge is 0.329 e. The number of hydrogen-bond acceptors (Lipinski definition) is 9. The van der Waals surface area contributed by atoms with Crippen molar-refractivity contribution in [3.63, 3.8) is 0 Å². The molecule has 2 amide bonds. The summed E-state index contributed by atoms with van der Waals surface area (Å²) in [7, 11) is 0. The van der Waals surface area contributed by atoms with Crippen molar-refractivity contribution in [3.8, 4) is 0 Å². The van der Waals surface area contributed by atoms with Gasteiger partial charge in [0.05, 0.1) is 6.61 Å². The van der Waals surface area contributed by atoms with Crippen LogP contribution in [0.1, 0.15) is 87.8 Å². The Morgan fingerprint density at radius 3 is 1.35 bits per heavy atom. The monoisotopic (exact) mass is 702 g/mol. The van der Waals surface area contributed by atoms with Gasteiger partial charge in [-0.15, -0.1) is 0 Å². The van der Waals surface area contributed by atoms with Crippen LogP contribution in [0.4, 0.5) is 4.79 Å². The fraction of sp³-hybridized carbons (Fsp3) is 0.425. The summed E-state index contributed by atoms with van der Waals surface area (Å²) in [5, 5.41) is 5.08. The minimum Gasteiger partial charge on any atom is -0.466 e. The van der Waals surface area contributed by atoms with Crippen molar-refractivity contribution in [2.24, 2.45) is 0 Å². The Kier molecular flexibility index (Phi) is 19.0. The van der Waals surface area contributed by atoms with Crippen LogP contribution in [0.3, 0.4) is 0 Å². The van der Waals surface area contributed by atoms with E-state index in [0.717, 1.165) is 48.8 Å². The van der Waals surface area contributed by atoms with E-state index in [1.807, 2.05) is 42.5 Å². The number of rotatable bonds is 23. The van der Waals surface area contributed by atoms with Gasteiger partial charge in [-0.3, -0.25) is 9.59 Å². The molecule has 0 aromatic heterocycles. The Bertz CT molecular complexity index is 1470. The van der Waals surface area contributed by atoms with Crippen LogP contribution in [0.25, 0.3) is 0 Å². The number of nitrogens with one attached hydrogen (secondary N) is 2. The molecule has 3 aromatic carbocycles. The van der Waals surface area contributed by atoms with E-state index in [4.69, 9.17) is 18.9 Å². The zero-order valence-electron chi connectivity index (χ0n) is 29.4. The fourth-order valence-electron chi connectivity index (χ4n) is 4.99. The second-order valence-corrected chi connectivity index (χ2v) is 12.1. The Labute approximate surface area is 300 Å². The standard InChI is InChI=1S/C40H50N2O9/c1-2-3-4-5-6-16-27-48-36(43)25-23-34(38(45)50-29-32-19-12-8-13-20-32)41-40(47)42-35(39(46)51-30-33-21-14-9-15-22-33)24-26-37(44)49-28-31-17-10-7-11-18-31/h7-15,17-22,34-35H,2-6,16,23-30H2,1H3,(H2,41,42,47)/t34-,35-/m0/s1. The summed E-state index contributed by atoms with van der Waals surface area (Å²) in [6, 6.07) is 23.8. The van der Waals surface area contributed by atoms with Gasteiger partial charge in [-0.05, 0) is 36.0 Å². The van der Waals surface area contributed by atoms with Gasteiger partial charge >= 0.3 is 29.9 Å². The molecule has 11 heteroatoms. The van der Waals surface area contributed by atoms with Gasteiger partial charge in [0.2, 0.25) is 0 Å². The number of esters is 4. The average molecular weight is 703 g/mol. The number of amides is 2. The van der Waals surface area contributed by atoms with Crippen LogP contribution in [0, 0.1) is 0 Å². The fourth-order valence-corrected chi connectivity index (χ4v) is 4.99. The molecular formula is C40H50N2O9. The molecule has 0 heterocycles. The lowest BCUT2D eigenvalue weighted by molar-refractivity contribution is -0.149. The summed E-state index contributed by atoms with van der Waals surface area (Å²) in [6.45, 7) is 2.40. The summed E-state index contributed by atoms with van der Waals surface area (Å²) in [5.74, 6) is -2.59. The molecule has 3 aromatic rings. The first-order valence-corrected chi connectivity index (χ1v) is 17.7. The van der Waals surface area contributed by atoms with Crippen molar-refractivity contribution >= 4 is 29.9 Å². The Balaban J connectivity index is 1.60. The number of urea groups is 1. The molecule has 274 valence electrons. The molecule has 11 nitrogen and oxygen atoms in total. The summed E-state index contributed by atoms with van der Waals surface area (Å²) in [4.78, 5) is 64.7. The Morgan fingerprint density at radius 2 is 0.902 bits per heavy atom. The highest BCUT2D eigenvalue weighted by molar-refractivity contribution is 5.87. The van der Waals surface area contributed by atoms with Gasteiger partial charge in [0.1, 0.15) is 31.9 Å². The predicted molar refractivity (Wildman–Crippen MR) is 191 cm³/mol. The molecule has 2 N–H and O–H groups in total. The second kappa shape index (κ2) is 24.0. The molecule has 0 saturated heterocycles. The van der Waals surface area contributed by atoms with Gasteiger partial charge in [0.15, 0.2) is 0 Å². The van der Waals surface area contributed by atoms with Crippen LogP contribution >= 0.6 is 0 Å². The quantitative estimate of drug-likeness (QED) is 0.0625. The number of benzene rings is 3. The van der Waals surface area contributed by atoms with Crippen molar-refractivity contribution in [3.05, 3.63) is 108 Å². The third-order valence-corrected chi connectivity index (χ3v) is 7.91. The van der Waals surface area contributed by atoms with E-state index in [0.29, 0.717) is 0 Å². The van der Waals surface area contributed by atoms with Gasteiger partial charge in [-0.1, -0.05) is 130 Å². The normalized spacial score (nSPS) is 11.8. The molecule has 51 heavy (non-hydrogen) atoms. The lowest BCUT2D eigenvalue weighted by Crippen LogP contribution is -2.52. The summed E-state index contributed by atoms with van der Waals surface area (Å²) in [5.41, 5.74) is 2.28. The number of carbonyl (C=O) groups is 5. The minimum atomic E-state index is -1.25. The lowest BCUT2D eigenvalue weighted by atomic mass is 10.1. The molecule has 3 rings (SSSR count). The van der Waals surface area contributed by atoms with E-state index in [9.17, 15) is 24.0 Å². The maximum atomic E-state index is 13.3. The first-order valence-electron chi connectivity index (χ1n) is 17.7. The van der Waals surface area contributed by atoms with Crippen molar-refractivity contribution in [1.82, 2.24) is 10.6 Å². The molecule has 0 aliphatic rings. The Hall–Kier alpha value is -5.19. The zero-order chi connectivity index (χ0) is 36.5.